The number of carbonyl (C=O) groups is 1. The summed E-state index contributed by atoms with van der Waals surface area (Å²) in [5.41, 5.74) is 2.22. The van der Waals surface area contributed by atoms with Crippen molar-refractivity contribution in [3.8, 4) is 23.1 Å². The zero-order chi connectivity index (χ0) is 24.9. The molecule has 1 heterocycles. The van der Waals surface area contributed by atoms with E-state index in [0.717, 1.165) is 29.1 Å². The summed E-state index contributed by atoms with van der Waals surface area (Å²) in [7, 11) is 1.63. The van der Waals surface area contributed by atoms with E-state index in [9.17, 15) is 4.79 Å². The lowest BCUT2D eigenvalue weighted by Crippen LogP contribution is -2.50. The van der Waals surface area contributed by atoms with Crippen molar-refractivity contribution in [1.29, 1.82) is 0 Å². The van der Waals surface area contributed by atoms with E-state index in [1.165, 1.54) is 0 Å². The van der Waals surface area contributed by atoms with Crippen LogP contribution in [0, 0.1) is 6.92 Å². The van der Waals surface area contributed by atoms with E-state index in [1.54, 1.807) is 11.8 Å². The number of aryl methyl sites for hydroxylation is 1. The first-order valence-corrected chi connectivity index (χ1v) is 11.7. The van der Waals surface area contributed by atoms with Crippen LogP contribution in [0.15, 0.2) is 54.6 Å². The quantitative estimate of drug-likeness (QED) is 0.438. The maximum absolute atomic E-state index is 13.2. The number of methoxy groups -OCH3 is 1. The van der Waals surface area contributed by atoms with Crippen molar-refractivity contribution >= 4 is 6.03 Å². The molecule has 2 aromatic carbocycles. The number of para-hydroxylation sites is 1. The van der Waals surface area contributed by atoms with E-state index in [2.05, 4.69) is 19.2 Å². The molecule has 1 atom stereocenters. The monoisotopic (exact) mass is 464 g/mol. The zero-order valence-corrected chi connectivity index (χ0v) is 21.3. The van der Waals surface area contributed by atoms with Gasteiger partial charge in [0.25, 0.3) is 0 Å². The van der Waals surface area contributed by atoms with Crippen LogP contribution in [0.1, 0.15) is 52.3 Å². The summed E-state index contributed by atoms with van der Waals surface area (Å²) in [6, 6.07) is 17.2. The SMILES string of the molecule is CCC(C)N(Cc1c(C)nn(-c2ccccc2)c1Oc1ccc(OC)cc1)C(=O)NC(C)(C)C. The number of benzene rings is 2. The molecule has 0 bridgehead atoms. The van der Waals surface area contributed by atoms with Gasteiger partial charge in [0, 0.05) is 11.6 Å². The Labute approximate surface area is 202 Å². The number of hydrogen-bond donors (Lipinski definition) is 1. The molecule has 0 spiro atoms. The second-order valence-corrected chi connectivity index (χ2v) is 9.46. The molecule has 0 saturated carbocycles. The summed E-state index contributed by atoms with van der Waals surface area (Å²) in [5, 5.41) is 7.89. The number of aromatic nitrogens is 2. The summed E-state index contributed by atoms with van der Waals surface area (Å²) in [6.07, 6.45) is 0.831. The van der Waals surface area contributed by atoms with Crippen LogP contribution in [-0.2, 0) is 6.54 Å². The molecule has 3 rings (SSSR count). The lowest BCUT2D eigenvalue weighted by atomic mass is 10.1. The molecule has 7 heteroatoms. The van der Waals surface area contributed by atoms with E-state index < -0.39 is 0 Å². The number of urea groups is 1. The van der Waals surface area contributed by atoms with Crippen molar-refractivity contribution in [3.05, 3.63) is 65.9 Å². The van der Waals surface area contributed by atoms with Gasteiger partial charge in [-0.1, -0.05) is 25.1 Å². The van der Waals surface area contributed by atoms with Crippen molar-refractivity contribution in [2.45, 2.75) is 66.1 Å². The largest absolute Gasteiger partial charge is 0.497 e. The lowest BCUT2D eigenvalue weighted by Gasteiger charge is -2.32. The Morgan fingerprint density at radius 3 is 2.26 bits per heavy atom. The first-order valence-electron chi connectivity index (χ1n) is 11.7. The third kappa shape index (κ3) is 6.10. The molecule has 7 nitrogen and oxygen atoms in total. The Bertz CT molecular complexity index is 1090. The first-order chi connectivity index (χ1) is 16.1. The Balaban J connectivity index is 2.05. The minimum absolute atomic E-state index is 0.0376. The van der Waals surface area contributed by atoms with Crippen molar-refractivity contribution in [2.24, 2.45) is 0 Å². The average molecular weight is 465 g/mol. The molecular weight excluding hydrogens is 428 g/mol. The second-order valence-electron chi connectivity index (χ2n) is 9.46. The fourth-order valence-corrected chi connectivity index (χ4v) is 3.54. The number of ether oxygens (including phenoxy) is 2. The number of nitrogens with zero attached hydrogens (tertiary/aromatic N) is 3. The molecule has 1 unspecified atom stereocenters. The van der Waals surface area contributed by atoms with Crippen LogP contribution < -0.4 is 14.8 Å². The van der Waals surface area contributed by atoms with E-state index in [1.807, 2.05) is 87.2 Å². The molecule has 0 aliphatic carbocycles. The third-order valence-corrected chi connectivity index (χ3v) is 5.61. The van der Waals surface area contributed by atoms with Crippen LogP contribution in [0.4, 0.5) is 4.79 Å². The van der Waals surface area contributed by atoms with Gasteiger partial charge in [-0.3, -0.25) is 0 Å². The first kappa shape index (κ1) is 25.1. The highest BCUT2D eigenvalue weighted by molar-refractivity contribution is 5.75. The summed E-state index contributed by atoms with van der Waals surface area (Å²) in [4.78, 5) is 15.1. The number of carbonyl (C=O) groups excluding carboxylic acids is 1. The van der Waals surface area contributed by atoms with Crippen LogP contribution in [0.5, 0.6) is 17.4 Å². The Kier molecular flexibility index (Phi) is 7.87. The highest BCUT2D eigenvalue weighted by atomic mass is 16.5. The summed E-state index contributed by atoms with van der Waals surface area (Å²) >= 11 is 0. The van der Waals surface area contributed by atoms with Gasteiger partial charge in [-0.2, -0.15) is 5.10 Å². The molecule has 2 amide bonds. The van der Waals surface area contributed by atoms with Gasteiger partial charge in [-0.05, 0) is 77.4 Å². The van der Waals surface area contributed by atoms with E-state index in [4.69, 9.17) is 14.6 Å². The maximum atomic E-state index is 13.2. The topological polar surface area (TPSA) is 68.6 Å². The van der Waals surface area contributed by atoms with Gasteiger partial charge in [-0.25, -0.2) is 9.48 Å². The zero-order valence-electron chi connectivity index (χ0n) is 21.3. The highest BCUT2D eigenvalue weighted by Crippen LogP contribution is 2.33. The van der Waals surface area contributed by atoms with Crippen molar-refractivity contribution in [1.82, 2.24) is 20.0 Å². The van der Waals surface area contributed by atoms with Gasteiger partial charge < -0.3 is 19.7 Å². The molecule has 0 fully saturated rings. The summed E-state index contributed by atoms with van der Waals surface area (Å²) in [6.45, 7) is 12.4. The molecular formula is C27H36N4O3. The molecule has 0 saturated heterocycles. The molecule has 0 radical (unpaired) electrons. The standard InChI is InChI=1S/C27H36N4O3/c1-8-19(2)30(26(32)28-27(4,5)6)18-24-20(3)29-31(21-12-10-9-11-13-21)25(24)34-23-16-14-22(33-7)15-17-23/h9-17,19H,8,18H2,1-7H3,(H,28,32). The van der Waals surface area contributed by atoms with Crippen LogP contribution in [0.25, 0.3) is 5.69 Å². The molecule has 0 aliphatic heterocycles. The molecule has 3 aromatic rings. The van der Waals surface area contributed by atoms with Crippen molar-refractivity contribution in [2.75, 3.05) is 7.11 Å². The fraction of sp³-hybridized carbons (Fsp3) is 0.407. The molecule has 182 valence electrons. The highest BCUT2D eigenvalue weighted by Gasteiger charge is 2.28. The third-order valence-electron chi connectivity index (χ3n) is 5.61. The van der Waals surface area contributed by atoms with Gasteiger partial charge >= 0.3 is 6.03 Å². The molecule has 34 heavy (non-hydrogen) atoms. The van der Waals surface area contributed by atoms with Gasteiger partial charge in [0.15, 0.2) is 0 Å². The van der Waals surface area contributed by atoms with Crippen LogP contribution >= 0.6 is 0 Å². The molecule has 1 aromatic heterocycles. The minimum atomic E-state index is -0.339. The summed E-state index contributed by atoms with van der Waals surface area (Å²) in [5.74, 6) is 2.00. The van der Waals surface area contributed by atoms with Crippen molar-refractivity contribution in [3.63, 3.8) is 0 Å². The van der Waals surface area contributed by atoms with Gasteiger partial charge in [0.05, 0.1) is 30.6 Å². The smallest absolute Gasteiger partial charge is 0.318 e. The molecule has 1 N–H and O–H groups in total. The number of rotatable bonds is 8. The molecule has 0 aliphatic rings. The van der Waals surface area contributed by atoms with Gasteiger partial charge in [0.1, 0.15) is 11.5 Å². The van der Waals surface area contributed by atoms with Crippen LogP contribution in [-0.4, -0.2) is 39.4 Å². The Morgan fingerprint density at radius 1 is 1.09 bits per heavy atom. The predicted octanol–water partition coefficient (Wildman–Crippen LogP) is 6.09. The van der Waals surface area contributed by atoms with Crippen molar-refractivity contribution < 1.29 is 14.3 Å². The minimum Gasteiger partial charge on any atom is -0.497 e. The number of hydrogen-bond acceptors (Lipinski definition) is 4. The second kappa shape index (κ2) is 10.6. The number of nitrogens with one attached hydrogen (secondary N) is 1. The maximum Gasteiger partial charge on any atom is 0.318 e. The Hall–Kier alpha value is -3.48. The van der Waals surface area contributed by atoms with E-state index in [0.29, 0.717) is 18.2 Å². The van der Waals surface area contributed by atoms with E-state index >= 15 is 0 Å². The van der Waals surface area contributed by atoms with Crippen LogP contribution in [0.2, 0.25) is 0 Å². The van der Waals surface area contributed by atoms with Gasteiger partial charge in [0.2, 0.25) is 5.88 Å². The average Bonchev–Trinajstić information content (AvgIpc) is 3.11. The predicted molar refractivity (Wildman–Crippen MR) is 135 cm³/mol. The van der Waals surface area contributed by atoms with Gasteiger partial charge in [-0.15, -0.1) is 0 Å². The van der Waals surface area contributed by atoms with Crippen LogP contribution in [0.3, 0.4) is 0 Å². The number of amides is 2. The van der Waals surface area contributed by atoms with E-state index in [-0.39, 0.29) is 17.6 Å². The fourth-order valence-electron chi connectivity index (χ4n) is 3.54. The normalized spacial score (nSPS) is 12.2. The Morgan fingerprint density at radius 2 is 1.71 bits per heavy atom. The summed E-state index contributed by atoms with van der Waals surface area (Å²) < 4.78 is 13.5. The lowest BCUT2D eigenvalue weighted by molar-refractivity contribution is 0.164.